The minimum Gasteiger partial charge on any atom is -0.465 e. The van der Waals surface area contributed by atoms with Crippen LogP contribution in [-0.2, 0) is 11.3 Å². The van der Waals surface area contributed by atoms with E-state index in [0.717, 1.165) is 5.56 Å². The summed E-state index contributed by atoms with van der Waals surface area (Å²) in [5, 5.41) is 4.08. The Morgan fingerprint density at radius 1 is 1.44 bits per heavy atom. The highest BCUT2D eigenvalue weighted by Crippen LogP contribution is 2.12. The fourth-order valence-electron chi connectivity index (χ4n) is 1.61. The van der Waals surface area contributed by atoms with Crippen LogP contribution in [0.4, 0.5) is 5.69 Å². The number of esters is 1. The first-order valence-corrected chi connectivity index (χ1v) is 5.15. The summed E-state index contributed by atoms with van der Waals surface area (Å²) in [6.45, 7) is 0.489. The van der Waals surface area contributed by atoms with Crippen LogP contribution in [0.2, 0.25) is 0 Å². The molecule has 1 aromatic heterocycles. The largest absolute Gasteiger partial charge is 0.465 e. The second-order valence-electron chi connectivity index (χ2n) is 3.62. The summed E-state index contributed by atoms with van der Waals surface area (Å²) >= 11 is 0. The van der Waals surface area contributed by atoms with Crippen molar-refractivity contribution in [3.05, 3.63) is 47.8 Å². The lowest BCUT2D eigenvalue weighted by Gasteiger charge is -2.07. The van der Waals surface area contributed by atoms with Gasteiger partial charge >= 0.3 is 5.97 Å². The molecule has 0 aliphatic rings. The van der Waals surface area contributed by atoms with Crippen LogP contribution in [0.1, 0.15) is 15.9 Å². The van der Waals surface area contributed by atoms with Crippen LogP contribution >= 0.6 is 12.4 Å². The smallest absolute Gasteiger partial charge is 0.338 e. The van der Waals surface area contributed by atoms with E-state index in [0.29, 0.717) is 17.8 Å². The highest BCUT2D eigenvalue weighted by atomic mass is 35.5. The number of carbonyl (C=O) groups excluding carboxylic acids is 1. The molecule has 1 heterocycles. The molecule has 2 rings (SSSR count). The summed E-state index contributed by atoms with van der Waals surface area (Å²) in [4.78, 5) is 11.6. The van der Waals surface area contributed by atoms with E-state index < -0.39 is 0 Å². The second-order valence-corrected chi connectivity index (χ2v) is 3.62. The van der Waals surface area contributed by atoms with E-state index in [2.05, 4.69) is 5.10 Å². The molecule has 0 spiro atoms. The Bertz CT molecular complexity index is 540. The zero-order valence-corrected chi connectivity index (χ0v) is 10.7. The van der Waals surface area contributed by atoms with Gasteiger partial charge in [0.25, 0.3) is 0 Å². The Kier molecular flexibility index (Phi) is 4.74. The molecular formula is C12H14ClN3O2. The molecule has 0 saturated heterocycles. The van der Waals surface area contributed by atoms with Crippen molar-refractivity contribution in [3.63, 3.8) is 0 Å². The number of nitrogens with two attached hydrogens (primary N) is 1. The SMILES string of the molecule is COC(=O)c1ccccc1Cn1cc(N)cn1.Cl. The molecule has 2 aromatic rings. The van der Waals surface area contributed by atoms with Gasteiger partial charge in [-0.3, -0.25) is 4.68 Å². The summed E-state index contributed by atoms with van der Waals surface area (Å²) in [5.41, 5.74) is 7.57. The molecule has 0 unspecified atom stereocenters. The first kappa shape index (κ1) is 14.1. The van der Waals surface area contributed by atoms with E-state index in [4.69, 9.17) is 10.5 Å². The third kappa shape index (κ3) is 3.01. The number of nitrogen functional groups attached to an aromatic ring is 1. The molecular weight excluding hydrogens is 254 g/mol. The average Bonchev–Trinajstić information content (AvgIpc) is 2.74. The molecule has 6 heteroatoms. The van der Waals surface area contributed by atoms with Crippen molar-refractivity contribution in [2.75, 3.05) is 12.8 Å². The molecule has 18 heavy (non-hydrogen) atoms. The topological polar surface area (TPSA) is 70.1 Å². The molecule has 0 radical (unpaired) electrons. The summed E-state index contributed by atoms with van der Waals surface area (Å²) in [5.74, 6) is -0.347. The Morgan fingerprint density at radius 3 is 2.78 bits per heavy atom. The third-order valence-electron chi connectivity index (χ3n) is 2.41. The van der Waals surface area contributed by atoms with E-state index in [1.807, 2.05) is 12.1 Å². The van der Waals surface area contributed by atoms with Crippen LogP contribution in [0.5, 0.6) is 0 Å². The second kappa shape index (κ2) is 6.07. The van der Waals surface area contributed by atoms with Crippen LogP contribution in [0.25, 0.3) is 0 Å². The molecule has 0 amide bonds. The molecule has 0 aliphatic carbocycles. The van der Waals surface area contributed by atoms with E-state index in [9.17, 15) is 4.79 Å². The number of hydrogen-bond acceptors (Lipinski definition) is 4. The van der Waals surface area contributed by atoms with Gasteiger partial charge in [-0.05, 0) is 11.6 Å². The fraction of sp³-hybridized carbons (Fsp3) is 0.167. The number of aromatic nitrogens is 2. The van der Waals surface area contributed by atoms with E-state index in [1.54, 1.807) is 29.2 Å². The van der Waals surface area contributed by atoms with Crippen molar-refractivity contribution in [3.8, 4) is 0 Å². The molecule has 0 saturated carbocycles. The molecule has 1 aromatic carbocycles. The van der Waals surface area contributed by atoms with E-state index in [1.165, 1.54) is 7.11 Å². The molecule has 2 N–H and O–H groups in total. The van der Waals surface area contributed by atoms with Crippen molar-refractivity contribution in [1.29, 1.82) is 0 Å². The van der Waals surface area contributed by atoms with Gasteiger partial charge in [-0.15, -0.1) is 12.4 Å². The van der Waals surface area contributed by atoms with Crippen molar-refractivity contribution < 1.29 is 9.53 Å². The number of hydrogen-bond donors (Lipinski definition) is 1. The Hall–Kier alpha value is -2.01. The van der Waals surface area contributed by atoms with Gasteiger partial charge in [0, 0.05) is 6.20 Å². The highest BCUT2D eigenvalue weighted by molar-refractivity contribution is 5.90. The first-order chi connectivity index (χ1) is 8.20. The van der Waals surface area contributed by atoms with Crippen LogP contribution in [0, 0.1) is 0 Å². The zero-order valence-electron chi connectivity index (χ0n) is 9.87. The first-order valence-electron chi connectivity index (χ1n) is 5.15. The minimum atomic E-state index is -0.347. The number of nitrogens with zero attached hydrogens (tertiary/aromatic N) is 2. The lowest BCUT2D eigenvalue weighted by molar-refractivity contribution is 0.0599. The number of methoxy groups -OCH3 is 1. The number of anilines is 1. The minimum absolute atomic E-state index is 0. The van der Waals surface area contributed by atoms with Crippen LogP contribution < -0.4 is 5.73 Å². The lowest BCUT2D eigenvalue weighted by Crippen LogP contribution is -2.09. The maximum Gasteiger partial charge on any atom is 0.338 e. The lowest BCUT2D eigenvalue weighted by atomic mass is 10.1. The van der Waals surface area contributed by atoms with Crippen LogP contribution in [0.3, 0.4) is 0 Å². The maximum atomic E-state index is 11.6. The van der Waals surface area contributed by atoms with Gasteiger partial charge in [0.2, 0.25) is 0 Å². The Balaban J connectivity index is 0.00000162. The van der Waals surface area contributed by atoms with Crippen LogP contribution in [0.15, 0.2) is 36.7 Å². The normalized spacial score (nSPS) is 9.61. The molecule has 0 fully saturated rings. The maximum absolute atomic E-state index is 11.6. The van der Waals surface area contributed by atoms with Gasteiger partial charge in [-0.2, -0.15) is 5.10 Å². The van der Waals surface area contributed by atoms with Gasteiger partial charge in [0.1, 0.15) is 0 Å². The summed E-state index contributed by atoms with van der Waals surface area (Å²) in [6, 6.07) is 7.26. The average molecular weight is 268 g/mol. The highest BCUT2D eigenvalue weighted by Gasteiger charge is 2.11. The number of carbonyl (C=O) groups is 1. The fourth-order valence-corrected chi connectivity index (χ4v) is 1.61. The number of halogens is 1. The number of benzene rings is 1. The standard InChI is InChI=1S/C12H13N3O2.ClH/c1-17-12(16)11-5-3-2-4-9(11)7-15-8-10(13)6-14-15;/h2-6,8H,7,13H2,1H3;1H. The van der Waals surface area contributed by atoms with Crippen molar-refractivity contribution >= 4 is 24.1 Å². The predicted octanol–water partition coefficient (Wildman–Crippen LogP) is 1.72. The number of ether oxygens (including phenoxy) is 1. The molecule has 0 atom stereocenters. The summed E-state index contributed by atoms with van der Waals surface area (Å²) < 4.78 is 6.40. The van der Waals surface area contributed by atoms with Crippen LogP contribution in [-0.4, -0.2) is 22.9 Å². The van der Waals surface area contributed by atoms with E-state index in [-0.39, 0.29) is 18.4 Å². The predicted molar refractivity (Wildman–Crippen MR) is 70.8 cm³/mol. The molecule has 96 valence electrons. The summed E-state index contributed by atoms with van der Waals surface area (Å²) in [6.07, 6.45) is 3.29. The molecule has 0 bridgehead atoms. The van der Waals surface area contributed by atoms with Gasteiger partial charge in [0.15, 0.2) is 0 Å². The monoisotopic (exact) mass is 267 g/mol. The van der Waals surface area contributed by atoms with Crippen molar-refractivity contribution in [1.82, 2.24) is 9.78 Å². The van der Waals surface area contributed by atoms with E-state index >= 15 is 0 Å². The Labute approximate surface area is 111 Å². The third-order valence-corrected chi connectivity index (χ3v) is 2.41. The van der Waals surface area contributed by atoms with Crippen molar-refractivity contribution in [2.45, 2.75) is 6.54 Å². The molecule has 5 nitrogen and oxygen atoms in total. The summed E-state index contributed by atoms with van der Waals surface area (Å²) in [7, 11) is 1.37. The zero-order chi connectivity index (χ0) is 12.3. The van der Waals surface area contributed by atoms with Gasteiger partial charge < -0.3 is 10.5 Å². The van der Waals surface area contributed by atoms with Gasteiger partial charge in [0.05, 0.1) is 31.1 Å². The number of rotatable bonds is 3. The Morgan fingerprint density at radius 2 is 2.17 bits per heavy atom. The quantitative estimate of drug-likeness (QED) is 0.860. The van der Waals surface area contributed by atoms with Gasteiger partial charge in [-0.1, -0.05) is 18.2 Å². The molecule has 0 aliphatic heterocycles. The van der Waals surface area contributed by atoms with Crippen molar-refractivity contribution in [2.24, 2.45) is 0 Å². The van der Waals surface area contributed by atoms with Gasteiger partial charge in [-0.25, -0.2) is 4.79 Å².